The summed E-state index contributed by atoms with van der Waals surface area (Å²) in [6, 6.07) is 8.65. The van der Waals surface area contributed by atoms with Gasteiger partial charge in [0.2, 0.25) is 5.95 Å². The fourth-order valence-corrected chi connectivity index (χ4v) is 4.40. The van der Waals surface area contributed by atoms with Gasteiger partial charge in [-0.15, -0.1) is 0 Å². The van der Waals surface area contributed by atoms with Gasteiger partial charge in [0.25, 0.3) is 0 Å². The molecule has 0 atom stereocenters. The summed E-state index contributed by atoms with van der Waals surface area (Å²) in [7, 11) is 4.32. The molecule has 8 nitrogen and oxygen atoms in total. The molecular weight excluding hydrogens is 402 g/mol. The number of hydrogen-bond donors (Lipinski definition) is 1. The van der Waals surface area contributed by atoms with Crippen LogP contribution in [0.25, 0.3) is 21.9 Å². The topological polar surface area (TPSA) is 83.2 Å². The van der Waals surface area contributed by atoms with Crippen LogP contribution in [0.15, 0.2) is 41.2 Å². The zero-order valence-electron chi connectivity index (χ0n) is 19.0. The van der Waals surface area contributed by atoms with Crippen LogP contribution in [0.4, 0.5) is 17.5 Å². The zero-order chi connectivity index (χ0) is 22.2. The Labute approximate surface area is 187 Å². The van der Waals surface area contributed by atoms with Crippen molar-refractivity contribution in [2.24, 2.45) is 0 Å². The van der Waals surface area contributed by atoms with E-state index in [1.54, 1.807) is 0 Å². The first-order chi connectivity index (χ1) is 15.5. The number of aromatic nitrogens is 4. The maximum absolute atomic E-state index is 5.52. The Morgan fingerprint density at radius 1 is 1.06 bits per heavy atom. The van der Waals surface area contributed by atoms with Crippen molar-refractivity contribution in [2.75, 3.05) is 37.4 Å². The molecule has 166 valence electrons. The Bertz CT molecular complexity index is 1220. The van der Waals surface area contributed by atoms with E-state index in [4.69, 9.17) is 9.51 Å². The van der Waals surface area contributed by atoms with E-state index in [-0.39, 0.29) is 5.92 Å². The van der Waals surface area contributed by atoms with Gasteiger partial charge < -0.3 is 19.6 Å². The Hall–Kier alpha value is -3.26. The highest BCUT2D eigenvalue weighted by molar-refractivity contribution is 6.04. The van der Waals surface area contributed by atoms with E-state index >= 15 is 0 Å². The molecule has 1 aromatic carbocycles. The molecule has 1 fully saturated rings. The van der Waals surface area contributed by atoms with Crippen LogP contribution in [0.2, 0.25) is 0 Å². The average Bonchev–Trinajstić information content (AvgIpc) is 3.25. The quantitative estimate of drug-likeness (QED) is 0.492. The Morgan fingerprint density at radius 3 is 2.56 bits per heavy atom. The lowest BCUT2D eigenvalue weighted by molar-refractivity contribution is 0.249. The van der Waals surface area contributed by atoms with Gasteiger partial charge in [0.15, 0.2) is 5.58 Å². The molecule has 1 aliphatic rings. The summed E-state index contributed by atoms with van der Waals surface area (Å²) in [4.78, 5) is 18.6. The molecular formula is C24H29N7O. The van der Waals surface area contributed by atoms with Gasteiger partial charge in [0, 0.05) is 30.7 Å². The first kappa shape index (κ1) is 20.6. The van der Waals surface area contributed by atoms with E-state index in [1.165, 1.54) is 12.8 Å². The molecule has 0 saturated carbocycles. The van der Waals surface area contributed by atoms with Crippen LogP contribution in [0.5, 0.6) is 0 Å². The highest BCUT2D eigenvalue weighted by atomic mass is 16.5. The standard InChI is InChI=1S/C24H29N7O/c1-15(2)22-21-19(32-29-22)7-5-16-13-26-24(28-23(16)21)27-20-8-6-18(14-25-20)31-11-9-17(10-12-31)30(3)4/h5-8,13-15,17H,9-12H2,1-4H3,(H,25,26,27,28). The predicted octanol–water partition coefficient (Wildman–Crippen LogP) is 4.56. The third-order valence-electron chi connectivity index (χ3n) is 6.31. The van der Waals surface area contributed by atoms with E-state index in [1.807, 2.05) is 30.6 Å². The van der Waals surface area contributed by atoms with Crippen LogP contribution in [-0.2, 0) is 0 Å². The second-order valence-corrected chi connectivity index (χ2v) is 9.00. The third kappa shape index (κ3) is 3.86. The van der Waals surface area contributed by atoms with E-state index in [0.717, 1.165) is 52.2 Å². The van der Waals surface area contributed by atoms with Gasteiger partial charge in [-0.1, -0.05) is 19.0 Å². The minimum Gasteiger partial charge on any atom is -0.370 e. The molecule has 3 aromatic heterocycles. The molecule has 0 aliphatic carbocycles. The second kappa shape index (κ2) is 8.35. The lowest BCUT2D eigenvalue weighted by Crippen LogP contribution is -2.42. The summed E-state index contributed by atoms with van der Waals surface area (Å²) in [6.45, 7) is 6.31. The van der Waals surface area contributed by atoms with Crippen molar-refractivity contribution in [1.82, 2.24) is 25.0 Å². The number of benzene rings is 1. The largest absolute Gasteiger partial charge is 0.370 e. The predicted molar refractivity (Wildman–Crippen MR) is 128 cm³/mol. The van der Waals surface area contributed by atoms with Crippen molar-refractivity contribution in [3.05, 3.63) is 42.4 Å². The summed E-state index contributed by atoms with van der Waals surface area (Å²) >= 11 is 0. The van der Waals surface area contributed by atoms with E-state index in [2.05, 4.69) is 64.3 Å². The van der Waals surface area contributed by atoms with Crippen molar-refractivity contribution in [2.45, 2.75) is 38.6 Å². The minimum absolute atomic E-state index is 0.241. The number of pyridine rings is 1. The molecule has 4 heterocycles. The highest BCUT2D eigenvalue weighted by Gasteiger charge is 2.21. The van der Waals surface area contributed by atoms with Gasteiger partial charge >= 0.3 is 0 Å². The monoisotopic (exact) mass is 431 g/mol. The molecule has 0 radical (unpaired) electrons. The maximum Gasteiger partial charge on any atom is 0.228 e. The van der Waals surface area contributed by atoms with Crippen molar-refractivity contribution in [3.63, 3.8) is 0 Å². The number of rotatable bonds is 5. The lowest BCUT2D eigenvalue weighted by Gasteiger charge is -2.36. The molecule has 1 N–H and O–H groups in total. The van der Waals surface area contributed by atoms with Crippen LogP contribution in [0, 0.1) is 0 Å². The Morgan fingerprint density at radius 2 is 1.88 bits per heavy atom. The fourth-order valence-electron chi connectivity index (χ4n) is 4.40. The average molecular weight is 432 g/mol. The normalized spacial score (nSPS) is 15.4. The van der Waals surface area contributed by atoms with Gasteiger partial charge in [-0.2, -0.15) is 0 Å². The van der Waals surface area contributed by atoms with E-state index in [9.17, 15) is 0 Å². The van der Waals surface area contributed by atoms with Gasteiger partial charge in [-0.25, -0.2) is 15.0 Å². The molecule has 32 heavy (non-hydrogen) atoms. The van der Waals surface area contributed by atoms with Crippen LogP contribution in [-0.4, -0.2) is 58.2 Å². The number of nitrogens with one attached hydrogen (secondary N) is 1. The molecule has 0 spiro atoms. The third-order valence-corrected chi connectivity index (χ3v) is 6.31. The fraction of sp³-hybridized carbons (Fsp3) is 0.417. The minimum atomic E-state index is 0.241. The summed E-state index contributed by atoms with van der Waals surface area (Å²) in [6.07, 6.45) is 6.10. The van der Waals surface area contributed by atoms with Crippen LogP contribution < -0.4 is 10.2 Å². The van der Waals surface area contributed by atoms with E-state index < -0.39 is 0 Å². The molecule has 0 unspecified atom stereocenters. The molecule has 0 bridgehead atoms. The Kier molecular flexibility index (Phi) is 5.38. The van der Waals surface area contributed by atoms with Crippen molar-refractivity contribution in [3.8, 4) is 0 Å². The second-order valence-electron chi connectivity index (χ2n) is 9.00. The molecule has 5 rings (SSSR count). The number of piperidine rings is 1. The highest BCUT2D eigenvalue weighted by Crippen LogP contribution is 2.31. The Balaban J connectivity index is 1.36. The number of hydrogen-bond acceptors (Lipinski definition) is 8. The van der Waals surface area contributed by atoms with Crippen molar-refractivity contribution < 1.29 is 4.52 Å². The first-order valence-corrected chi connectivity index (χ1v) is 11.2. The van der Waals surface area contributed by atoms with Gasteiger partial charge in [0.1, 0.15) is 5.82 Å². The van der Waals surface area contributed by atoms with Gasteiger partial charge in [0.05, 0.1) is 28.5 Å². The van der Waals surface area contributed by atoms with Crippen LogP contribution >= 0.6 is 0 Å². The first-order valence-electron chi connectivity index (χ1n) is 11.2. The summed E-state index contributed by atoms with van der Waals surface area (Å²) in [5, 5.41) is 9.40. The van der Waals surface area contributed by atoms with Gasteiger partial charge in [-0.3, -0.25) is 0 Å². The molecule has 0 amide bonds. The number of nitrogens with zero attached hydrogens (tertiary/aromatic N) is 6. The lowest BCUT2D eigenvalue weighted by atomic mass is 10.0. The van der Waals surface area contributed by atoms with Crippen molar-refractivity contribution in [1.29, 1.82) is 0 Å². The van der Waals surface area contributed by atoms with Crippen LogP contribution in [0.3, 0.4) is 0 Å². The molecule has 1 saturated heterocycles. The smallest absolute Gasteiger partial charge is 0.228 e. The summed E-state index contributed by atoms with van der Waals surface area (Å²) in [5.74, 6) is 1.47. The molecule has 4 aromatic rings. The van der Waals surface area contributed by atoms with Gasteiger partial charge in [-0.05, 0) is 57.1 Å². The number of fused-ring (bicyclic) bond motifs is 3. The molecule has 8 heteroatoms. The van der Waals surface area contributed by atoms with Crippen molar-refractivity contribution >= 4 is 39.3 Å². The van der Waals surface area contributed by atoms with Crippen LogP contribution in [0.1, 0.15) is 38.3 Å². The SMILES string of the molecule is CC(C)c1noc2ccc3cnc(Nc4ccc(N5CCC(N(C)C)CC5)cn4)nc3c12. The zero-order valence-corrected chi connectivity index (χ0v) is 19.0. The summed E-state index contributed by atoms with van der Waals surface area (Å²) < 4.78 is 5.52. The maximum atomic E-state index is 5.52. The molecule has 1 aliphatic heterocycles. The number of anilines is 3. The summed E-state index contributed by atoms with van der Waals surface area (Å²) in [5.41, 5.74) is 3.65. The van der Waals surface area contributed by atoms with E-state index in [0.29, 0.717) is 12.0 Å².